The van der Waals surface area contributed by atoms with Crippen LogP contribution in [0.4, 0.5) is 0 Å². The van der Waals surface area contributed by atoms with Gasteiger partial charge in [-0.15, -0.1) is 0 Å². The molecule has 2 fully saturated rings. The van der Waals surface area contributed by atoms with Gasteiger partial charge in [-0.1, -0.05) is 32.9 Å². The van der Waals surface area contributed by atoms with E-state index in [1.807, 2.05) is 26.0 Å². The third-order valence-corrected chi connectivity index (χ3v) is 11.6. The Hall–Kier alpha value is -1.22. The predicted molar refractivity (Wildman–Crippen MR) is 113 cm³/mol. The van der Waals surface area contributed by atoms with Crippen molar-refractivity contribution in [3.05, 3.63) is 12.2 Å². The summed E-state index contributed by atoms with van der Waals surface area (Å²) in [6.07, 6.45) is 3.15. The fourth-order valence-corrected chi connectivity index (χ4v) is 5.31. The monoisotopic (exact) mass is 440 g/mol. The van der Waals surface area contributed by atoms with Crippen molar-refractivity contribution in [2.45, 2.75) is 70.7 Å². The lowest BCUT2D eigenvalue weighted by Gasteiger charge is -2.39. The molecule has 7 nitrogen and oxygen atoms in total. The highest BCUT2D eigenvalue weighted by Gasteiger charge is 2.57. The number of esters is 2. The van der Waals surface area contributed by atoms with Gasteiger partial charge in [-0.3, -0.25) is 9.59 Å². The van der Waals surface area contributed by atoms with E-state index in [9.17, 15) is 9.59 Å². The molecule has 30 heavy (non-hydrogen) atoms. The summed E-state index contributed by atoms with van der Waals surface area (Å²) in [5.74, 6) is -3.23. The normalized spacial score (nSPS) is 35.8. The molecule has 0 amide bonds. The first-order valence-electron chi connectivity index (χ1n) is 10.7. The molecule has 0 radical (unpaired) electrons. The van der Waals surface area contributed by atoms with Gasteiger partial charge >= 0.3 is 11.9 Å². The minimum absolute atomic E-state index is 0.0542. The Labute approximate surface area is 180 Å². The van der Waals surface area contributed by atoms with E-state index in [4.69, 9.17) is 23.4 Å². The highest BCUT2D eigenvalue weighted by Crippen LogP contribution is 2.46. The molecular weight excluding hydrogens is 404 g/mol. The number of fused-ring (bicyclic) bond motifs is 1. The topological polar surface area (TPSA) is 80.3 Å². The molecule has 0 unspecified atom stereocenters. The van der Waals surface area contributed by atoms with Crippen LogP contribution in [0.25, 0.3) is 0 Å². The van der Waals surface area contributed by atoms with Crippen LogP contribution in [0.15, 0.2) is 12.2 Å². The summed E-state index contributed by atoms with van der Waals surface area (Å²) in [5, 5.41) is 0.0542. The van der Waals surface area contributed by atoms with Crippen molar-refractivity contribution in [3.8, 4) is 0 Å². The molecule has 8 heteroatoms. The van der Waals surface area contributed by atoms with Crippen LogP contribution in [0.1, 0.15) is 34.6 Å². The molecule has 1 aliphatic carbocycles. The fraction of sp³-hybridized carbons (Fsp3) is 0.818. The summed E-state index contributed by atoms with van der Waals surface area (Å²) < 4.78 is 28.8. The maximum absolute atomic E-state index is 12.9. The highest BCUT2D eigenvalue weighted by atomic mass is 28.4. The Balaban J connectivity index is 1.83. The van der Waals surface area contributed by atoms with Crippen LogP contribution in [-0.4, -0.2) is 58.6 Å². The lowest BCUT2D eigenvalue weighted by molar-refractivity contribution is -0.164. The molecule has 0 aromatic carbocycles. The van der Waals surface area contributed by atoms with Gasteiger partial charge < -0.3 is 23.4 Å². The average molecular weight is 441 g/mol. The molecule has 2 aliphatic heterocycles. The lowest BCUT2D eigenvalue weighted by Crippen LogP contribution is -2.46. The molecule has 0 bridgehead atoms. The molecular formula is C22H36O7Si. The van der Waals surface area contributed by atoms with Crippen molar-refractivity contribution in [1.82, 2.24) is 0 Å². The zero-order valence-electron chi connectivity index (χ0n) is 19.4. The third kappa shape index (κ3) is 4.37. The van der Waals surface area contributed by atoms with Crippen LogP contribution < -0.4 is 0 Å². The first kappa shape index (κ1) is 23.4. The minimum Gasteiger partial charge on any atom is -0.469 e. The van der Waals surface area contributed by atoms with Crippen LogP contribution in [0.2, 0.25) is 18.1 Å². The van der Waals surface area contributed by atoms with E-state index in [-0.39, 0.29) is 28.9 Å². The molecule has 0 saturated carbocycles. The van der Waals surface area contributed by atoms with E-state index < -0.39 is 38.0 Å². The van der Waals surface area contributed by atoms with Crippen molar-refractivity contribution < 1.29 is 33.0 Å². The van der Waals surface area contributed by atoms with Gasteiger partial charge in [0.15, 0.2) is 14.1 Å². The number of hydrogen-bond donors (Lipinski definition) is 0. The van der Waals surface area contributed by atoms with Crippen molar-refractivity contribution >= 4 is 20.3 Å². The average Bonchev–Trinajstić information content (AvgIpc) is 3.17. The van der Waals surface area contributed by atoms with E-state index in [0.717, 1.165) is 0 Å². The SMILES string of the molecule is COC(=O)[C@@H]1[C@H]2C(=O)O[C@H]([C@H]3COC(C)(C)O3)[C@H]2C=C[C@H]1CO[Si](C)(C)C(C)(C)C. The standard InChI is InChI=1S/C22H36O7Si/c1-21(2,3)30(7,8)27-11-13-9-10-14-17(16(13)19(23)25-6)20(24)28-18(14)15-12-26-22(4,5)29-15/h9-10,13-18H,11-12H2,1-8H3/t13-,14-,15+,16-,17-,18-/m0/s1. The van der Waals surface area contributed by atoms with Crippen LogP contribution >= 0.6 is 0 Å². The highest BCUT2D eigenvalue weighted by molar-refractivity contribution is 6.74. The second kappa shape index (κ2) is 8.04. The molecule has 2 saturated heterocycles. The van der Waals surface area contributed by atoms with Gasteiger partial charge in [0, 0.05) is 18.4 Å². The summed E-state index contributed by atoms with van der Waals surface area (Å²) in [5.41, 5.74) is 0. The second-order valence-corrected chi connectivity index (χ2v) is 15.4. The van der Waals surface area contributed by atoms with Crippen molar-refractivity contribution in [2.24, 2.45) is 23.7 Å². The smallest absolute Gasteiger partial charge is 0.310 e. The number of cyclic esters (lactones) is 1. The van der Waals surface area contributed by atoms with Crippen LogP contribution in [-0.2, 0) is 33.0 Å². The van der Waals surface area contributed by atoms with Gasteiger partial charge in [0.2, 0.25) is 0 Å². The van der Waals surface area contributed by atoms with Gasteiger partial charge in [-0.25, -0.2) is 0 Å². The Bertz CT molecular complexity index is 709. The third-order valence-electron chi connectivity index (χ3n) is 7.06. The van der Waals surface area contributed by atoms with E-state index in [0.29, 0.717) is 13.2 Å². The summed E-state index contributed by atoms with van der Waals surface area (Å²) in [6, 6.07) is 0. The summed E-state index contributed by atoms with van der Waals surface area (Å²) in [7, 11) is -0.647. The number of ether oxygens (including phenoxy) is 4. The Morgan fingerprint density at radius 2 is 1.93 bits per heavy atom. The summed E-state index contributed by atoms with van der Waals surface area (Å²) in [6.45, 7) is 15.3. The molecule has 3 aliphatic rings. The van der Waals surface area contributed by atoms with Gasteiger partial charge in [0.05, 0.1) is 25.6 Å². The molecule has 170 valence electrons. The van der Waals surface area contributed by atoms with Crippen molar-refractivity contribution in [1.29, 1.82) is 0 Å². The number of methoxy groups -OCH3 is 1. The summed E-state index contributed by atoms with van der Waals surface area (Å²) in [4.78, 5) is 25.6. The fourth-order valence-electron chi connectivity index (χ4n) is 4.26. The molecule has 2 heterocycles. The minimum atomic E-state index is -2.00. The number of rotatable bonds is 5. The number of carbonyl (C=O) groups is 2. The summed E-state index contributed by atoms with van der Waals surface area (Å²) >= 11 is 0. The molecule has 0 spiro atoms. The van der Waals surface area contributed by atoms with Gasteiger partial charge in [-0.2, -0.15) is 0 Å². The number of carbonyl (C=O) groups excluding carboxylic acids is 2. The molecule has 6 atom stereocenters. The first-order valence-corrected chi connectivity index (χ1v) is 13.6. The van der Waals surface area contributed by atoms with E-state index in [2.05, 4.69) is 33.9 Å². The van der Waals surface area contributed by atoms with Crippen LogP contribution in [0.3, 0.4) is 0 Å². The van der Waals surface area contributed by atoms with E-state index in [1.165, 1.54) is 7.11 Å². The maximum atomic E-state index is 12.9. The van der Waals surface area contributed by atoms with Gasteiger partial charge in [0.1, 0.15) is 12.2 Å². The predicted octanol–water partition coefficient (Wildman–Crippen LogP) is 3.29. The van der Waals surface area contributed by atoms with E-state index in [1.54, 1.807) is 0 Å². The van der Waals surface area contributed by atoms with Crippen molar-refractivity contribution in [2.75, 3.05) is 20.3 Å². The van der Waals surface area contributed by atoms with E-state index >= 15 is 0 Å². The largest absolute Gasteiger partial charge is 0.469 e. The molecule has 0 aromatic rings. The lowest BCUT2D eigenvalue weighted by atomic mass is 9.69. The maximum Gasteiger partial charge on any atom is 0.310 e. The van der Waals surface area contributed by atoms with Crippen LogP contribution in [0, 0.1) is 23.7 Å². The quantitative estimate of drug-likeness (QED) is 0.369. The zero-order chi connectivity index (χ0) is 22.5. The molecule has 3 rings (SSSR count). The zero-order valence-corrected chi connectivity index (χ0v) is 20.4. The van der Waals surface area contributed by atoms with Crippen LogP contribution in [0.5, 0.6) is 0 Å². The molecule has 0 aromatic heterocycles. The Kier molecular flexibility index (Phi) is 6.28. The Morgan fingerprint density at radius 3 is 2.47 bits per heavy atom. The van der Waals surface area contributed by atoms with Gasteiger partial charge in [-0.05, 0) is 32.0 Å². The Morgan fingerprint density at radius 1 is 1.27 bits per heavy atom. The number of hydrogen-bond acceptors (Lipinski definition) is 7. The molecule has 0 N–H and O–H groups in total. The second-order valence-electron chi connectivity index (χ2n) is 10.5. The van der Waals surface area contributed by atoms with Crippen molar-refractivity contribution in [3.63, 3.8) is 0 Å². The van der Waals surface area contributed by atoms with Gasteiger partial charge in [0.25, 0.3) is 0 Å². The first-order chi connectivity index (χ1) is 13.8.